The van der Waals surface area contributed by atoms with E-state index in [0.29, 0.717) is 18.9 Å². The van der Waals surface area contributed by atoms with Crippen molar-refractivity contribution in [3.63, 3.8) is 0 Å². The first-order valence-corrected chi connectivity index (χ1v) is 8.52. The zero-order valence-electron chi connectivity index (χ0n) is 11.9. The number of imidazole rings is 1. The molecule has 20 heavy (non-hydrogen) atoms. The molecule has 1 fully saturated rings. The van der Waals surface area contributed by atoms with Gasteiger partial charge in [0.25, 0.3) is 0 Å². The predicted molar refractivity (Wildman–Crippen MR) is 77.3 cm³/mol. The molecule has 0 amide bonds. The van der Waals surface area contributed by atoms with E-state index < -0.39 is 15.4 Å². The number of fused-ring (bicyclic) bond motifs is 1. The van der Waals surface area contributed by atoms with Crippen molar-refractivity contribution in [2.24, 2.45) is 0 Å². The highest BCUT2D eigenvalue weighted by molar-refractivity contribution is 7.91. The lowest BCUT2D eigenvalue weighted by Crippen LogP contribution is -2.33. The molecule has 1 aliphatic rings. The van der Waals surface area contributed by atoms with Crippen LogP contribution in [0, 0.1) is 6.92 Å². The fourth-order valence-corrected chi connectivity index (χ4v) is 5.22. The number of rotatable bonds is 2. The second kappa shape index (κ2) is 3.97. The van der Waals surface area contributed by atoms with Crippen LogP contribution in [0.15, 0.2) is 0 Å². The third-order valence-corrected chi connectivity index (χ3v) is 5.95. The van der Waals surface area contributed by atoms with E-state index >= 15 is 0 Å². The first kappa shape index (κ1) is 13.4. The van der Waals surface area contributed by atoms with Gasteiger partial charge in [0.05, 0.1) is 22.7 Å². The standard InChI is InChI=1S/C12H19N5O2S/c1-4-16-10-9(8(2)15-16)14-11(13)17(10)12(3)5-6-20(18,19)7-12/h4-7H2,1-3H3,(H2,13,14). The zero-order valence-corrected chi connectivity index (χ0v) is 12.7. The number of aromatic nitrogens is 4. The largest absolute Gasteiger partial charge is 0.369 e. The minimum atomic E-state index is -3.01. The van der Waals surface area contributed by atoms with Gasteiger partial charge in [-0.3, -0.25) is 4.57 Å². The molecule has 1 atom stereocenters. The smallest absolute Gasteiger partial charge is 0.203 e. The van der Waals surface area contributed by atoms with Crippen molar-refractivity contribution < 1.29 is 8.42 Å². The summed E-state index contributed by atoms with van der Waals surface area (Å²) < 4.78 is 27.4. The van der Waals surface area contributed by atoms with Gasteiger partial charge in [-0.1, -0.05) is 0 Å². The average Bonchev–Trinajstić information content (AvgIpc) is 2.93. The molecule has 110 valence electrons. The third kappa shape index (κ3) is 1.74. The molecular weight excluding hydrogens is 278 g/mol. The van der Waals surface area contributed by atoms with Gasteiger partial charge in [0.1, 0.15) is 5.52 Å². The Balaban J connectivity index is 2.29. The van der Waals surface area contributed by atoms with Crippen LogP contribution in [0.25, 0.3) is 11.2 Å². The minimum Gasteiger partial charge on any atom is -0.369 e. The highest BCUT2D eigenvalue weighted by Gasteiger charge is 2.42. The molecule has 0 saturated carbocycles. The molecule has 0 spiro atoms. The number of nitrogens with two attached hydrogens (primary N) is 1. The topological polar surface area (TPSA) is 95.8 Å². The predicted octanol–water partition coefficient (Wildman–Crippen LogP) is 0.677. The molecule has 1 saturated heterocycles. The molecule has 0 bridgehead atoms. The summed E-state index contributed by atoms with van der Waals surface area (Å²) in [6.07, 6.45) is 0.554. The van der Waals surface area contributed by atoms with E-state index in [4.69, 9.17) is 5.73 Å². The maximum Gasteiger partial charge on any atom is 0.203 e. The molecule has 2 aromatic rings. The Morgan fingerprint density at radius 1 is 1.45 bits per heavy atom. The molecule has 1 unspecified atom stereocenters. The van der Waals surface area contributed by atoms with Crippen LogP contribution in [-0.4, -0.2) is 39.3 Å². The van der Waals surface area contributed by atoms with E-state index in [-0.39, 0.29) is 11.5 Å². The van der Waals surface area contributed by atoms with Crippen LogP contribution >= 0.6 is 0 Å². The van der Waals surface area contributed by atoms with E-state index in [1.807, 2.05) is 30.0 Å². The van der Waals surface area contributed by atoms with Crippen LogP contribution in [0.2, 0.25) is 0 Å². The highest BCUT2D eigenvalue weighted by Crippen LogP contribution is 2.36. The molecule has 2 N–H and O–H groups in total. The summed E-state index contributed by atoms with van der Waals surface area (Å²) in [5, 5.41) is 4.44. The van der Waals surface area contributed by atoms with E-state index in [1.165, 1.54) is 0 Å². The lowest BCUT2D eigenvalue weighted by Gasteiger charge is -2.26. The van der Waals surface area contributed by atoms with Gasteiger partial charge < -0.3 is 5.73 Å². The summed E-state index contributed by atoms with van der Waals surface area (Å²) in [6.45, 7) is 6.50. The average molecular weight is 297 g/mol. The Hall–Kier alpha value is -1.57. The van der Waals surface area contributed by atoms with Crippen molar-refractivity contribution in [1.82, 2.24) is 19.3 Å². The van der Waals surface area contributed by atoms with Crippen molar-refractivity contribution in [2.75, 3.05) is 17.2 Å². The Labute approximate surface area is 117 Å². The number of sulfone groups is 1. The summed E-state index contributed by atoms with van der Waals surface area (Å²) in [5.74, 6) is 0.660. The SMILES string of the molecule is CCn1nc(C)c2nc(N)n(C3(C)CCS(=O)(=O)C3)c21. The maximum absolute atomic E-state index is 11.9. The quantitative estimate of drug-likeness (QED) is 0.879. The Bertz CT molecular complexity index is 788. The van der Waals surface area contributed by atoms with Crippen molar-refractivity contribution in [3.05, 3.63) is 5.69 Å². The van der Waals surface area contributed by atoms with Crippen molar-refractivity contribution >= 4 is 26.9 Å². The summed E-state index contributed by atoms with van der Waals surface area (Å²) in [6, 6.07) is 0. The fraction of sp³-hybridized carbons (Fsp3) is 0.667. The number of hydrogen-bond donors (Lipinski definition) is 1. The van der Waals surface area contributed by atoms with Gasteiger partial charge in [-0.2, -0.15) is 5.10 Å². The van der Waals surface area contributed by atoms with Gasteiger partial charge in [0, 0.05) is 6.54 Å². The molecular formula is C12H19N5O2S. The second-order valence-corrected chi connectivity index (χ2v) is 7.90. The van der Waals surface area contributed by atoms with Crippen molar-refractivity contribution in [3.8, 4) is 0 Å². The van der Waals surface area contributed by atoms with Gasteiger partial charge in [-0.05, 0) is 27.2 Å². The Morgan fingerprint density at radius 2 is 2.15 bits per heavy atom. The number of nitrogen functional groups attached to an aromatic ring is 1. The molecule has 8 heteroatoms. The van der Waals surface area contributed by atoms with Crippen molar-refractivity contribution in [2.45, 2.75) is 39.3 Å². The van der Waals surface area contributed by atoms with Crippen LogP contribution < -0.4 is 5.73 Å². The number of anilines is 1. The van der Waals surface area contributed by atoms with Crippen molar-refractivity contribution in [1.29, 1.82) is 0 Å². The van der Waals surface area contributed by atoms with E-state index in [2.05, 4.69) is 10.1 Å². The molecule has 0 aliphatic carbocycles. The molecule has 3 rings (SSSR count). The van der Waals surface area contributed by atoms with Gasteiger partial charge in [-0.15, -0.1) is 0 Å². The molecule has 2 aromatic heterocycles. The fourth-order valence-electron chi connectivity index (χ4n) is 3.11. The van der Waals surface area contributed by atoms with Gasteiger partial charge >= 0.3 is 0 Å². The first-order valence-electron chi connectivity index (χ1n) is 6.70. The molecule has 3 heterocycles. The van der Waals surface area contributed by atoms with Crippen LogP contribution in [0.5, 0.6) is 0 Å². The van der Waals surface area contributed by atoms with Gasteiger partial charge in [0.15, 0.2) is 15.5 Å². The van der Waals surface area contributed by atoms with Crippen LogP contribution in [0.3, 0.4) is 0 Å². The zero-order chi connectivity index (χ0) is 14.7. The van der Waals surface area contributed by atoms with Crippen LogP contribution in [-0.2, 0) is 21.9 Å². The highest BCUT2D eigenvalue weighted by atomic mass is 32.2. The molecule has 7 nitrogen and oxygen atoms in total. The Kier molecular flexibility index (Phi) is 2.66. The second-order valence-electron chi connectivity index (χ2n) is 5.72. The molecule has 1 aliphatic heterocycles. The van der Waals surface area contributed by atoms with E-state index in [0.717, 1.165) is 16.9 Å². The first-order chi connectivity index (χ1) is 9.27. The van der Waals surface area contributed by atoms with Crippen LogP contribution in [0.4, 0.5) is 5.95 Å². The van der Waals surface area contributed by atoms with Gasteiger partial charge in [0.2, 0.25) is 5.95 Å². The summed E-state index contributed by atoms with van der Waals surface area (Å²) >= 11 is 0. The summed E-state index contributed by atoms with van der Waals surface area (Å²) in [4.78, 5) is 4.38. The minimum absolute atomic E-state index is 0.101. The van der Waals surface area contributed by atoms with E-state index in [1.54, 1.807) is 0 Å². The molecule has 0 aromatic carbocycles. The lowest BCUT2D eigenvalue weighted by atomic mass is 10.0. The third-order valence-electron chi connectivity index (χ3n) is 4.06. The van der Waals surface area contributed by atoms with E-state index in [9.17, 15) is 8.42 Å². The monoisotopic (exact) mass is 297 g/mol. The number of hydrogen-bond acceptors (Lipinski definition) is 5. The normalized spacial score (nSPS) is 25.6. The number of nitrogens with zero attached hydrogens (tertiary/aromatic N) is 4. The summed E-state index contributed by atoms with van der Waals surface area (Å²) in [5.41, 5.74) is 7.91. The van der Waals surface area contributed by atoms with Crippen LogP contribution in [0.1, 0.15) is 26.0 Å². The maximum atomic E-state index is 11.9. The Morgan fingerprint density at radius 3 is 2.70 bits per heavy atom. The molecule has 0 radical (unpaired) electrons. The summed E-state index contributed by atoms with van der Waals surface area (Å²) in [7, 11) is -3.01. The lowest BCUT2D eigenvalue weighted by molar-refractivity contribution is 0.374. The van der Waals surface area contributed by atoms with Gasteiger partial charge in [-0.25, -0.2) is 18.1 Å². The number of aryl methyl sites for hydroxylation is 2.